The first-order valence-electron chi connectivity index (χ1n) is 10.6. The zero-order valence-electron chi connectivity index (χ0n) is 19.2. The summed E-state index contributed by atoms with van der Waals surface area (Å²) in [6.45, 7) is 15.5. The van der Waals surface area contributed by atoms with Crippen molar-refractivity contribution in [3.05, 3.63) is 65.2 Å². The van der Waals surface area contributed by atoms with Crippen molar-refractivity contribution in [2.75, 3.05) is 4.90 Å². The number of anilines is 1. The molecule has 0 saturated heterocycles. The van der Waals surface area contributed by atoms with Crippen LogP contribution in [0.5, 0.6) is 11.5 Å². The Morgan fingerprint density at radius 1 is 1.23 bits per heavy atom. The van der Waals surface area contributed by atoms with E-state index in [1.807, 2.05) is 45.0 Å². The van der Waals surface area contributed by atoms with Gasteiger partial charge in [0.15, 0.2) is 5.60 Å². The van der Waals surface area contributed by atoms with Crippen LogP contribution in [0.1, 0.15) is 49.4 Å². The van der Waals surface area contributed by atoms with E-state index >= 15 is 0 Å². The van der Waals surface area contributed by atoms with Crippen LogP contribution < -0.4 is 14.4 Å². The van der Waals surface area contributed by atoms with E-state index in [0.29, 0.717) is 5.75 Å². The smallest absolute Gasteiger partial charge is 0.308 e. The van der Waals surface area contributed by atoms with Crippen LogP contribution in [0.3, 0.4) is 0 Å². The molecule has 0 amide bonds. The van der Waals surface area contributed by atoms with Gasteiger partial charge in [0, 0.05) is 24.2 Å². The van der Waals surface area contributed by atoms with Gasteiger partial charge in [0.25, 0.3) is 0 Å². The average molecular weight is 438 g/mol. The van der Waals surface area contributed by atoms with Crippen molar-refractivity contribution in [1.29, 1.82) is 0 Å². The molecule has 0 aliphatic carbocycles. The zero-order chi connectivity index (χ0) is 22.9. The molecule has 0 radical (unpaired) electrons. The molecule has 0 saturated carbocycles. The highest BCUT2D eigenvalue weighted by Crippen LogP contribution is 2.45. The number of esters is 1. The number of nitrogens with zero attached hydrogens (tertiary/aromatic N) is 1. The summed E-state index contributed by atoms with van der Waals surface area (Å²) >= 11 is 6.04. The molecule has 2 aromatic rings. The molecule has 4 nitrogen and oxygen atoms in total. The Balaban J connectivity index is 2.04. The third-order valence-electron chi connectivity index (χ3n) is 6.19. The maximum Gasteiger partial charge on any atom is 0.308 e. The van der Waals surface area contributed by atoms with E-state index in [1.54, 1.807) is 0 Å². The summed E-state index contributed by atoms with van der Waals surface area (Å²) in [4.78, 5) is 14.5. The van der Waals surface area contributed by atoms with Gasteiger partial charge in [-0.05, 0) is 76.3 Å². The number of para-hydroxylation sites is 1. The number of hydrogen-bond acceptors (Lipinski definition) is 4. The maximum absolute atomic E-state index is 11.6. The Morgan fingerprint density at radius 2 is 1.87 bits per heavy atom. The first-order chi connectivity index (χ1) is 14.6. The molecule has 0 spiro atoms. The van der Waals surface area contributed by atoms with E-state index in [2.05, 4.69) is 37.5 Å². The fraction of sp³-hybridized carbons (Fsp3) is 0.385. The number of hydrogen-bond donors (Lipinski definition) is 0. The third-order valence-corrected chi connectivity index (χ3v) is 6.82. The normalized spacial score (nSPS) is 18.4. The van der Waals surface area contributed by atoms with Crippen LogP contribution >= 0.6 is 12.2 Å². The third kappa shape index (κ3) is 4.24. The van der Waals surface area contributed by atoms with Crippen LogP contribution in [0, 0.1) is 20.8 Å². The van der Waals surface area contributed by atoms with Crippen LogP contribution in [-0.2, 0) is 11.2 Å². The first-order valence-corrected chi connectivity index (χ1v) is 11.0. The molecular formula is C26H31NO3S. The van der Waals surface area contributed by atoms with Crippen LogP contribution in [0.2, 0.25) is 0 Å². The summed E-state index contributed by atoms with van der Waals surface area (Å²) in [5, 5.41) is 0. The van der Waals surface area contributed by atoms with Gasteiger partial charge in [0.2, 0.25) is 0 Å². The van der Waals surface area contributed by atoms with Gasteiger partial charge in [-0.2, -0.15) is 0 Å². The maximum atomic E-state index is 11.6. The zero-order valence-corrected chi connectivity index (χ0v) is 20.1. The summed E-state index contributed by atoms with van der Waals surface area (Å²) in [6.07, 6.45) is 3.41. The Hall–Kier alpha value is -2.66. The number of carbonyl (C=O) groups is 1. The molecule has 1 aliphatic heterocycles. The van der Waals surface area contributed by atoms with Gasteiger partial charge in [-0.15, -0.1) is 6.58 Å². The molecule has 31 heavy (non-hydrogen) atoms. The van der Waals surface area contributed by atoms with E-state index in [-0.39, 0.29) is 12.0 Å². The molecule has 3 rings (SSSR count). The summed E-state index contributed by atoms with van der Waals surface area (Å²) in [5.74, 6) is 1.18. The number of fused-ring (bicyclic) bond motifs is 1. The van der Waals surface area contributed by atoms with E-state index < -0.39 is 5.60 Å². The van der Waals surface area contributed by atoms with Crippen molar-refractivity contribution >= 4 is 28.9 Å². The largest absolute Gasteiger partial charge is 0.480 e. The molecular weight excluding hydrogens is 406 g/mol. The molecule has 0 aromatic heterocycles. The first kappa shape index (κ1) is 23.0. The van der Waals surface area contributed by atoms with Crippen molar-refractivity contribution in [3.8, 4) is 11.5 Å². The lowest BCUT2D eigenvalue weighted by Crippen LogP contribution is -2.54. The second kappa shape index (κ2) is 8.83. The summed E-state index contributed by atoms with van der Waals surface area (Å²) in [7, 11) is 0. The minimum Gasteiger partial charge on any atom is -0.480 e. The van der Waals surface area contributed by atoms with Crippen LogP contribution in [0.15, 0.2) is 43.0 Å². The van der Waals surface area contributed by atoms with Crippen LogP contribution in [-0.4, -0.2) is 22.6 Å². The van der Waals surface area contributed by atoms with E-state index in [4.69, 9.17) is 21.7 Å². The topological polar surface area (TPSA) is 38.8 Å². The van der Waals surface area contributed by atoms with Crippen molar-refractivity contribution < 1.29 is 14.3 Å². The highest BCUT2D eigenvalue weighted by atomic mass is 32.1. The molecule has 0 N–H and O–H groups in total. The number of rotatable bonds is 5. The van der Waals surface area contributed by atoms with E-state index in [9.17, 15) is 4.79 Å². The predicted molar refractivity (Wildman–Crippen MR) is 130 cm³/mol. The molecule has 164 valence electrons. The standard InChI is InChI=1S/C26H31NO3S/c1-8-16(2)27(21-12-10-9-11-13-21)25(31)26(7)15-14-22-19(5)23(29-20(6)28)17(3)18(4)24(22)30-26/h8-13,16H,1,14-15H2,2-7H3. The predicted octanol–water partition coefficient (Wildman–Crippen LogP) is 6.03. The SMILES string of the molecule is C=CC(C)N(C(=S)C1(C)CCc2c(C)c(OC(C)=O)c(C)c(C)c2O1)c1ccccc1. The number of benzene rings is 2. The van der Waals surface area contributed by atoms with Gasteiger partial charge in [0.1, 0.15) is 16.5 Å². The van der Waals surface area contributed by atoms with Crippen molar-refractivity contribution in [3.63, 3.8) is 0 Å². The number of thiocarbonyl (C=S) groups is 1. The van der Waals surface area contributed by atoms with Crippen LogP contribution in [0.4, 0.5) is 5.69 Å². The second-order valence-corrected chi connectivity index (χ2v) is 8.81. The lowest BCUT2D eigenvalue weighted by molar-refractivity contribution is -0.132. The van der Waals surface area contributed by atoms with Crippen molar-refractivity contribution in [1.82, 2.24) is 0 Å². The molecule has 2 atom stereocenters. The Labute approximate surface area is 190 Å². The average Bonchev–Trinajstić information content (AvgIpc) is 2.75. The van der Waals surface area contributed by atoms with Gasteiger partial charge in [-0.1, -0.05) is 36.5 Å². The minimum atomic E-state index is -0.651. The Bertz CT molecular complexity index is 1030. The lowest BCUT2D eigenvalue weighted by atomic mass is 9.86. The molecule has 1 heterocycles. The van der Waals surface area contributed by atoms with Gasteiger partial charge >= 0.3 is 5.97 Å². The highest BCUT2D eigenvalue weighted by Gasteiger charge is 2.41. The summed E-state index contributed by atoms with van der Waals surface area (Å²) in [6, 6.07) is 10.1. The van der Waals surface area contributed by atoms with Gasteiger partial charge in [0.05, 0.1) is 0 Å². The minimum absolute atomic E-state index is 0.0210. The Morgan fingerprint density at radius 3 is 2.45 bits per heavy atom. The van der Waals surface area contributed by atoms with Crippen molar-refractivity contribution in [2.45, 2.75) is 66.0 Å². The quantitative estimate of drug-likeness (QED) is 0.247. The highest BCUT2D eigenvalue weighted by molar-refractivity contribution is 7.80. The fourth-order valence-electron chi connectivity index (χ4n) is 4.17. The van der Waals surface area contributed by atoms with Crippen molar-refractivity contribution in [2.24, 2.45) is 0 Å². The monoisotopic (exact) mass is 437 g/mol. The summed E-state index contributed by atoms with van der Waals surface area (Å²) < 4.78 is 12.2. The molecule has 2 aromatic carbocycles. The summed E-state index contributed by atoms with van der Waals surface area (Å²) in [5.41, 5.74) is 4.31. The number of carbonyl (C=O) groups excluding carboxylic acids is 1. The van der Waals surface area contributed by atoms with Gasteiger partial charge in [-0.25, -0.2) is 0 Å². The van der Waals surface area contributed by atoms with Crippen LogP contribution in [0.25, 0.3) is 0 Å². The molecule has 0 fully saturated rings. The molecule has 2 unspecified atom stereocenters. The molecule has 0 bridgehead atoms. The van der Waals surface area contributed by atoms with Gasteiger partial charge < -0.3 is 14.4 Å². The molecule has 1 aliphatic rings. The Kier molecular flexibility index (Phi) is 6.56. The second-order valence-electron chi connectivity index (χ2n) is 8.43. The molecule has 5 heteroatoms. The van der Waals surface area contributed by atoms with E-state index in [0.717, 1.165) is 51.5 Å². The van der Waals surface area contributed by atoms with Gasteiger partial charge in [-0.3, -0.25) is 4.79 Å². The lowest BCUT2D eigenvalue weighted by Gasteiger charge is -2.43. The van der Waals surface area contributed by atoms with E-state index in [1.165, 1.54) is 6.92 Å². The fourth-order valence-corrected chi connectivity index (χ4v) is 4.58. The number of ether oxygens (including phenoxy) is 2.